The second-order valence-corrected chi connectivity index (χ2v) is 4.06. The van der Waals surface area contributed by atoms with Crippen molar-refractivity contribution in [3.8, 4) is 17.3 Å². The molecule has 0 bridgehead atoms. The van der Waals surface area contributed by atoms with Crippen LogP contribution in [-0.2, 0) is 7.05 Å². The largest absolute Gasteiger partial charge is 0.492 e. The molecular weight excluding hydrogens is 212 g/mol. The number of aromatic hydroxyl groups is 1. The van der Waals surface area contributed by atoms with Crippen LogP contribution in [0.3, 0.4) is 0 Å². The predicted octanol–water partition coefficient (Wildman–Crippen LogP) is 2.95. The summed E-state index contributed by atoms with van der Waals surface area (Å²) in [6.07, 6.45) is 1.61. The van der Waals surface area contributed by atoms with Gasteiger partial charge in [-0.1, -0.05) is 42.5 Å². The monoisotopic (exact) mass is 224 g/mol. The van der Waals surface area contributed by atoms with Crippen molar-refractivity contribution in [2.45, 2.75) is 0 Å². The topological polar surface area (TPSA) is 38.0 Å². The van der Waals surface area contributed by atoms with Gasteiger partial charge in [-0.15, -0.1) is 0 Å². The van der Waals surface area contributed by atoms with Crippen molar-refractivity contribution in [1.29, 1.82) is 0 Å². The molecule has 0 amide bonds. The van der Waals surface area contributed by atoms with Gasteiger partial charge < -0.3 is 9.67 Å². The van der Waals surface area contributed by atoms with Gasteiger partial charge in [-0.05, 0) is 10.8 Å². The van der Waals surface area contributed by atoms with Gasteiger partial charge in [-0.3, -0.25) is 0 Å². The Morgan fingerprint density at radius 3 is 2.59 bits per heavy atom. The molecule has 3 nitrogen and oxygen atoms in total. The SMILES string of the molecule is Cn1cc(O)nc1-c1cccc2ccccc12. The van der Waals surface area contributed by atoms with Crippen molar-refractivity contribution in [2.75, 3.05) is 0 Å². The number of hydrogen-bond acceptors (Lipinski definition) is 2. The first kappa shape index (κ1) is 9.90. The van der Waals surface area contributed by atoms with E-state index in [0.29, 0.717) is 0 Å². The minimum atomic E-state index is 0.0513. The Balaban J connectivity index is 2.34. The average Bonchev–Trinajstić information content (AvgIpc) is 2.68. The van der Waals surface area contributed by atoms with Gasteiger partial charge in [0.2, 0.25) is 5.88 Å². The molecule has 2 aromatic carbocycles. The summed E-state index contributed by atoms with van der Waals surface area (Å²) in [5.41, 5.74) is 1.03. The number of benzene rings is 2. The summed E-state index contributed by atoms with van der Waals surface area (Å²) in [6.45, 7) is 0. The van der Waals surface area contributed by atoms with E-state index in [0.717, 1.165) is 16.8 Å². The van der Waals surface area contributed by atoms with Crippen LogP contribution in [0.15, 0.2) is 48.7 Å². The molecule has 3 heteroatoms. The van der Waals surface area contributed by atoms with Gasteiger partial charge in [0.15, 0.2) is 0 Å². The molecule has 1 heterocycles. The summed E-state index contributed by atoms with van der Waals surface area (Å²) in [5, 5.41) is 11.8. The smallest absolute Gasteiger partial charge is 0.229 e. The average molecular weight is 224 g/mol. The maximum atomic E-state index is 9.44. The minimum Gasteiger partial charge on any atom is -0.492 e. The number of aromatic nitrogens is 2. The van der Waals surface area contributed by atoms with Crippen molar-refractivity contribution in [2.24, 2.45) is 7.05 Å². The molecule has 0 unspecified atom stereocenters. The summed E-state index contributed by atoms with van der Waals surface area (Å²) in [5.74, 6) is 0.828. The van der Waals surface area contributed by atoms with Crippen LogP contribution in [0.1, 0.15) is 0 Å². The molecule has 0 saturated heterocycles. The Kier molecular flexibility index (Phi) is 2.11. The summed E-state index contributed by atoms with van der Waals surface area (Å²) >= 11 is 0. The Morgan fingerprint density at radius 1 is 1.06 bits per heavy atom. The van der Waals surface area contributed by atoms with Gasteiger partial charge in [-0.25, -0.2) is 0 Å². The number of hydrogen-bond donors (Lipinski definition) is 1. The first-order valence-corrected chi connectivity index (χ1v) is 5.46. The minimum absolute atomic E-state index is 0.0513. The van der Waals surface area contributed by atoms with Crippen molar-refractivity contribution in [1.82, 2.24) is 9.55 Å². The zero-order valence-electron chi connectivity index (χ0n) is 9.46. The highest BCUT2D eigenvalue weighted by Crippen LogP contribution is 2.28. The highest BCUT2D eigenvalue weighted by Gasteiger charge is 2.09. The van der Waals surface area contributed by atoms with Gasteiger partial charge in [0.05, 0.1) is 6.20 Å². The molecule has 3 aromatic rings. The van der Waals surface area contributed by atoms with Gasteiger partial charge in [0, 0.05) is 12.6 Å². The number of rotatable bonds is 1. The molecule has 0 atom stereocenters. The van der Waals surface area contributed by atoms with E-state index in [2.05, 4.69) is 23.2 Å². The maximum Gasteiger partial charge on any atom is 0.229 e. The third kappa shape index (κ3) is 1.56. The van der Waals surface area contributed by atoms with Crippen LogP contribution in [0.25, 0.3) is 22.2 Å². The molecule has 84 valence electrons. The molecule has 0 fully saturated rings. The molecule has 0 spiro atoms. The molecule has 1 aromatic heterocycles. The summed E-state index contributed by atoms with van der Waals surface area (Å²) in [7, 11) is 1.88. The summed E-state index contributed by atoms with van der Waals surface area (Å²) in [6, 6.07) is 14.3. The van der Waals surface area contributed by atoms with Crippen molar-refractivity contribution in [3.05, 3.63) is 48.7 Å². The van der Waals surface area contributed by atoms with Crippen molar-refractivity contribution >= 4 is 10.8 Å². The predicted molar refractivity (Wildman–Crippen MR) is 67.8 cm³/mol. The quantitative estimate of drug-likeness (QED) is 0.690. The van der Waals surface area contributed by atoms with E-state index in [9.17, 15) is 5.11 Å². The Morgan fingerprint density at radius 2 is 1.82 bits per heavy atom. The molecule has 0 aliphatic heterocycles. The molecular formula is C14H12N2O. The lowest BCUT2D eigenvalue weighted by molar-refractivity contribution is 0.456. The lowest BCUT2D eigenvalue weighted by Gasteiger charge is -2.05. The van der Waals surface area contributed by atoms with Crippen LogP contribution in [0, 0.1) is 0 Å². The van der Waals surface area contributed by atoms with Gasteiger partial charge in [0.25, 0.3) is 0 Å². The van der Waals surface area contributed by atoms with Crippen LogP contribution >= 0.6 is 0 Å². The number of fused-ring (bicyclic) bond motifs is 1. The normalized spacial score (nSPS) is 10.9. The van der Waals surface area contributed by atoms with Crippen LogP contribution in [0.2, 0.25) is 0 Å². The number of imidazole rings is 1. The van der Waals surface area contributed by atoms with E-state index in [1.54, 1.807) is 6.20 Å². The van der Waals surface area contributed by atoms with E-state index in [1.807, 2.05) is 35.9 Å². The number of nitrogens with zero attached hydrogens (tertiary/aromatic N) is 2. The van der Waals surface area contributed by atoms with Gasteiger partial charge in [-0.2, -0.15) is 4.98 Å². The van der Waals surface area contributed by atoms with E-state index >= 15 is 0 Å². The molecule has 1 N–H and O–H groups in total. The summed E-state index contributed by atoms with van der Waals surface area (Å²) in [4.78, 5) is 4.15. The van der Waals surface area contributed by atoms with Gasteiger partial charge >= 0.3 is 0 Å². The maximum absolute atomic E-state index is 9.44. The Labute approximate surface area is 99.0 Å². The second kappa shape index (κ2) is 3.63. The zero-order valence-corrected chi connectivity index (χ0v) is 9.46. The van der Waals surface area contributed by atoms with E-state index in [-0.39, 0.29) is 5.88 Å². The third-order valence-electron chi connectivity index (χ3n) is 2.89. The van der Waals surface area contributed by atoms with E-state index < -0.39 is 0 Å². The third-order valence-corrected chi connectivity index (χ3v) is 2.89. The molecule has 0 radical (unpaired) electrons. The van der Waals surface area contributed by atoms with Crippen LogP contribution < -0.4 is 0 Å². The Bertz CT molecular complexity index is 680. The fraction of sp³-hybridized carbons (Fsp3) is 0.0714. The van der Waals surface area contributed by atoms with Crippen LogP contribution in [-0.4, -0.2) is 14.7 Å². The van der Waals surface area contributed by atoms with Crippen molar-refractivity contribution < 1.29 is 5.11 Å². The van der Waals surface area contributed by atoms with Crippen molar-refractivity contribution in [3.63, 3.8) is 0 Å². The highest BCUT2D eigenvalue weighted by molar-refractivity contribution is 5.95. The lowest BCUT2D eigenvalue weighted by Crippen LogP contribution is -1.91. The molecule has 0 saturated carbocycles. The zero-order chi connectivity index (χ0) is 11.8. The lowest BCUT2D eigenvalue weighted by atomic mass is 10.0. The van der Waals surface area contributed by atoms with Crippen LogP contribution in [0.5, 0.6) is 5.88 Å². The first-order valence-electron chi connectivity index (χ1n) is 5.46. The van der Waals surface area contributed by atoms with E-state index in [1.165, 1.54) is 5.39 Å². The highest BCUT2D eigenvalue weighted by atomic mass is 16.3. The fourth-order valence-corrected chi connectivity index (χ4v) is 2.12. The number of aryl methyl sites for hydroxylation is 1. The van der Waals surface area contributed by atoms with Crippen LogP contribution in [0.4, 0.5) is 0 Å². The summed E-state index contributed by atoms with van der Waals surface area (Å²) < 4.78 is 1.83. The molecule has 17 heavy (non-hydrogen) atoms. The fourth-order valence-electron chi connectivity index (χ4n) is 2.12. The Hall–Kier alpha value is -2.29. The molecule has 3 rings (SSSR count). The molecule has 0 aliphatic rings. The van der Waals surface area contributed by atoms with Gasteiger partial charge in [0.1, 0.15) is 5.82 Å². The van der Waals surface area contributed by atoms with E-state index in [4.69, 9.17) is 0 Å². The second-order valence-electron chi connectivity index (χ2n) is 4.06. The standard InChI is InChI=1S/C14H12N2O/c1-16-9-13(17)15-14(16)12-8-4-6-10-5-2-3-7-11(10)12/h2-9,17H,1H3. The first-order chi connectivity index (χ1) is 8.25. The molecule has 0 aliphatic carbocycles.